The first-order chi connectivity index (χ1) is 10.4. The van der Waals surface area contributed by atoms with Gasteiger partial charge in [0, 0.05) is 19.3 Å². The second-order valence-corrected chi connectivity index (χ2v) is 6.20. The van der Waals surface area contributed by atoms with Crippen molar-refractivity contribution in [2.45, 2.75) is 44.8 Å². The van der Waals surface area contributed by atoms with Crippen molar-refractivity contribution in [1.82, 2.24) is 5.32 Å². The second kappa shape index (κ2) is 7.39. The lowest BCUT2D eigenvalue weighted by Crippen LogP contribution is -2.40. The van der Waals surface area contributed by atoms with Crippen molar-refractivity contribution in [2.75, 3.05) is 26.4 Å². The van der Waals surface area contributed by atoms with Gasteiger partial charge in [0.15, 0.2) is 0 Å². The van der Waals surface area contributed by atoms with Crippen LogP contribution in [0.5, 0.6) is 0 Å². The van der Waals surface area contributed by atoms with Crippen LogP contribution in [0.3, 0.4) is 0 Å². The highest BCUT2D eigenvalue weighted by molar-refractivity contribution is 5.32. The molecular weight excluding hydrogens is 262 g/mol. The Morgan fingerprint density at radius 1 is 1.19 bits per heavy atom. The molecule has 1 aromatic carbocycles. The highest BCUT2D eigenvalue weighted by atomic mass is 16.5. The molecule has 2 aliphatic heterocycles. The topological polar surface area (TPSA) is 30.5 Å². The molecule has 0 aliphatic carbocycles. The lowest BCUT2D eigenvalue weighted by molar-refractivity contribution is 0.0000606. The summed E-state index contributed by atoms with van der Waals surface area (Å²) in [5, 5.41) is 3.67. The summed E-state index contributed by atoms with van der Waals surface area (Å²) in [6, 6.07) is 9.19. The minimum atomic E-state index is 0.206. The third-order valence-electron chi connectivity index (χ3n) is 4.79. The van der Waals surface area contributed by atoms with Gasteiger partial charge in [0.1, 0.15) is 0 Å². The Kier molecular flexibility index (Phi) is 5.28. The molecule has 1 saturated heterocycles. The summed E-state index contributed by atoms with van der Waals surface area (Å²) in [6.45, 7) is 5.87. The van der Waals surface area contributed by atoms with E-state index in [9.17, 15) is 0 Å². The molecule has 2 heterocycles. The van der Waals surface area contributed by atoms with E-state index in [1.54, 1.807) is 0 Å². The van der Waals surface area contributed by atoms with Crippen LogP contribution in [0.1, 0.15) is 43.4 Å². The molecule has 2 atom stereocenters. The normalized spacial score (nSPS) is 24.5. The largest absolute Gasteiger partial charge is 0.381 e. The van der Waals surface area contributed by atoms with Crippen molar-refractivity contribution < 1.29 is 9.47 Å². The molecule has 0 saturated carbocycles. The Bertz CT molecular complexity index is 443. The van der Waals surface area contributed by atoms with Crippen molar-refractivity contribution in [3.8, 4) is 0 Å². The highest BCUT2D eigenvalue weighted by Gasteiger charge is 2.30. The quantitative estimate of drug-likeness (QED) is 0.903. The number of likely N-dealkylation sites (N-methyl/N-ethyl adjacent to an activating group) is 1. The van der Waals surface area contributed by atoms with Crippen LogP contribution in [0, 0.1) is 5.92 Å². The van der Waals surface area contributed by atoms with E-state index in [4.69, 9.17) is 9.47 Å². The summed E-state index contributed by atoms with van der Waals surface area (Å²) < 4.78 is 11.7. The van der Waals surface area contributed by atoms with E-state index in [1.165, 1.54) is 30.4 Å². The molecule has 3 rings (SSSR count). The molecule has 0 amide bonds. The zero-order chi connectivity index (χ0) is 14.5. The molecule has 3 heteroatoms. The molecule has 0 bridgehead atoms. The molecule has 0 aromatic heterocycles. The average Bonchev–Trinajstić information content (AvgIpc) is 2.55. The molecule has 3 nitrogen and oxygen atoms in total. The molecule has 116 valence electrons. The van der Waals surface area contributed by atoms with Crippen LogP contribution in [0.4, 0.5) is 0 Å². The third-order valence-corrected chi connectivity index (χ3v) is 4.79. The SMILES string of the molecule is CCNC(CC1CCOCC1)C1OCCc2ccccc21. The molecule has 0 radical (unpaired) electrons. The van der Waals surface area contributed by atoms with E-state index in [0.717, 1.165) is 38.7 Å². The predicted octanol–water partition coefficient (Wildman–Crippen LogP) is 3.10. The maximum absolute atomic E-state index is 6.17. The summed E-state index contributed by atoms with van der Waals surface area (Å²) in [6.07, 6.45) is 4.82. The summed E-state index contributed by atoms with van der Waals surface area (Å²) in [5.41, 5.74) is 2.85. The smallest absolute Gasteiger partial charge is 0.0980 e. The van der Waals surface area contributed by atoms with E-state index >= 15 is 0 Å². The fourth-order valence-electron chi connectivity index (χ4n) is 3.68. The van der Waals surface area contributed by atoms with Crippen LogP contribution in [0.2, 0.25) is 0 Å². The van der Waals surface area contributed by atoms with Gasteiger partial charge in [0.2, 0.25) is 0 Å². The van der Waals surface area contributed by atoms with Gasteiger partial charge in [-0.1, -0.05) is 31.2 Å². The summed E-state index contributed by atoms with van der Waals surface area (Å²) in [4.78, 5) is 0. The van der Waals surface area contributed by atoms with Gasteiger partial charge in [-0.2, -0.15) is 0 Å². The lowest BCUT2D eigenvalue weighted by Gasteiger charge is -2.35. The van der Waals surface area contributed by atoms with E-state index in [2.05, 4.69) is 36.5 Å². The Hall–Kier alpha value is -0.900. The van der Waals surface area contributed by atoms with Crippen LogP contribution in [-0.2, 0) is 15.9 Å². The highest BCUT2D eigenvalue weighted by Crippen LogP contribution is 2.33. The van der Waals surface area contributed by atoms with Crippen molar-refractivity contribution in [3.05, 3.63) is 35.4 Å². The summed E-state index contributed by atoms with van der Waals surface area (Å²) >= 11 is 0. The zero-order valence-corrected chi connectivity index (χ0v) is 13.0. The Morgan fingerprint density at radius 3 is 2.81 bits per heavy atom. The van der Waals surface area contributed by atoms with Gasteiger partial charge in [-0.15, -0.1) is 0 Å². The first-order valence-corrected chi connectivity index (χ1v) is 8.39. The molecule has 2 aliphatic rings. The minimum absolute atomic E-state index is 0.206. The van der Waals surface area contributed by atoms with Gasteiger partial charge >= 0.3 is 0 Å². The molecular formula is C18H27NO2. The van der Waals surface area contributed by atoms with Crippen LogP contribution < -0.4 is 5.32 Å². The molecule has 1 N–H and O–H groups in total. The third kappa shape index (κ3) is 3.65. The van der Waals surface area contributed by atoms with E-state index in [-0.39, 0.29) is 6.10 Å². The van der Waals surface area contributed by atoms with Crippen molar-refractivity contribution in [2.24, 2.45) is 5.92 Å². The molecule has 1 aromatic rings. The van der Waals surface area contributed by atoms with E-state index in [1.807, 2.05) is 0 Å². The number of nitrogens with one attached hydrogen (secondary N) is 1. The molecule has 2 unspecified atom stereocenters. The Balaban J connectivity index is 1.74. The zero-order valence-electron chi connectivity index (χ0n) is 13.0. The van der Waals surface area contributed by atoms with E-state index in [0.29, 0.717) is 6.04 Å². The first kappa shape index (κ1) is 15.0. The number of benzene rings is 1. The molecule has 1 fully saturated rings. The van der Waals surface area contributed by atoms with Gasteiger partial charge in [-0.25, -0.2) is 0 Å². The van der Waals surface area contributed by atoms with Crippen molar-refractivity contribution in [3.63, 3.8) is 0 Å². The van der Waals surface area contributed by atoms with Crippen molar-refractivity contribution in [1.29, 1.82) is 0 Å². The first-order valence-electron chi connectivity index (χ1n) is 8.39. The fourth-order valence-corrected chi connectivity index (χ4v) is 3.68. The van der Waals surface area contributed by atoms with Gasteiger partial charge < -0.3 is 14.8 Å². The fraction of sp³-hybridized carbons (Fsp3) is 0.667. The monoisotopic (exact) mass is 289 g/mol. The van der Waals surface area contributed by atoms with Crippen LogP contribution in [0.25, 0.3) is 0 Å². The van der Waals surface area contributed by atoms with Gasteiger partial charge in [-0.05, 0) is 49.3 Å². The second-order valence-electron chi connectivity index (χ2n) is 6.20. The standard InChI is InChI=1S/C18H27NO2/c1-2-19-17(13-14-7-10-20-11-8-14)18-16-6-4-3-5-15(16)9-12-21-18/h3-6,14,17-19H,2,7-13H2,1H3. The maximum atomic E-state index is 6.17. The number of rotatable bonds is 5. The lowest BCUT2D eigenvalue weighted by atomic mass is 9.86. The Morgan fingerprint density at radius 2 is 2.00 bits per heavy atom. The number of fused-ring (bicyclic) bond motifs is 1. The number of ether oxygens (including phenoxy) is 2. The van der Waals surface area contributed by atoms with Crippen molar-refractivity contribution >= 4 is 0 Å². The van der Waals surface area contributed by atoms with Crippen LogP contribution in [0.15, 0.2) is 24.3 Å². The predicted molar refractivity (Wildman–Crippen MR) is 84.5 cm³/mol. The minimum Gasteiger partial charge on any atom is -0.381 e. The average molecular weight is 289 g/mol. The summed E-state index contributed by atoms with van der Waals surface area (Å²) in [5.74, 6) is 0.764. The maximum Gasteiger partial charge on any atom is 0.0980 e. The summed E-state index contributed by atoms with van der Waals surface area (Å²) in [7, 11) is 0. The van der Waals surface area contributed by atoms with Crippen LogP contribution in [-0.4, -0.2) is 32.4 Å². The van der Waals surface area contributed by atoms with E-state index < -0.39 is 0 Å². The number of hydrogen-bond donors (Lipinski definition) is 1. The Labute approximate surface area is 128 Å². The van der Waals surface area contributed by atoms with Gasteiger partial charge in [0.25, 0.3) is 0 Å². The molecule has 0 spiro atoms. The van der Waals surface area contributed by atoms with Gasteiger partial charge in [-0.3, -0.25) is 0 Å². The van der Waals surface area contributed by atoms with Gasteiger partial charge in [0.05, 0.1) is 12.7 Å². The molecule has 21 heavy (non-hydrogen) atoms. The van der Waals surface area contributed by atoms with Crippen LogP contribution >= 0.6 is 0 Å². The number of hydrogen-bond acceptors (Lipinski definition) is 3.